The zero-order valence-electron chi connectivity index (χ0n) is 14.9. The number of ether oxygens (including phenoxy) is 2. The van der Waals surface area contributed by atoms with Crippen LogP contribution in [0.4, 0.5) is 5.69 Å². The fourth-order valence-electron chi connectivity index (χ4n) is 2.85. The predicted octanol–water partition coefficient (Wildman–Crippen LogP) is 2.05. The molecule has 0 unspecified atom stereocenters. The number of anilines is 1. The first-order valence-electron chi connectivity index (χ1n) is 8.20. The van der Waals surface area contributed by atoms with E-state index in [4.69, 9.17) is 21.1 Å². The van der Waals surface area contributed by atoms with E-state index in [0.29, 0.717) is 43.4 Å². The minimum atomic E-state index is -3.87. The average molecular weight is 414 g/mol. The molecule has 0 bridgehead atoms. The van der Waals surface area contributed by atoms with E-state index >= 15 is 0 Å². The van der Waals surface area contributed by atoms with Crippen molar-refractivity contribution >= 4 is 33.2 Å². The molecule has 0 saturated heterocycles. The fourth-order valence-corrected chi connectivity index (χ4v) is 4.19. The summed E-state index contributed by atoms with van der Waals surface area (Å²) in [6.45, 7) is 1.92. The maximum Gasteiger partial charge on any atom is 0.270 e. The number of halogens is 1. The van der Waals surface area contributed by atoms with Crippen LogP contribution in [0.3, 0.4) is 0 Å². The van der Waals surface area contributed by atoms with Crippen molar-refractivity contribution in [1.29, 1.82) is 0 Å². The van der Waals surface area contributed by atoms with Gasteiger partial charge in [-0.3, -0.25) is 9.52 Å². The van der Waals surface area contributed by atoms with E-state index in [1.807, 2.05) is 0 Å². The molecule has 3 rings (SSSR count). The maximum atomic E-state index is 12.7. The molecule has 0 fully saturated rings. The number of carbonyl (C=O) groups is 1. The molecule has 0 saturated carbocycles. The van der Waals surface area contributed by atoms with Gasteiger partial charge in [0.25, 0.3) is 15.9 Å². The van der Waals surface area contributed by atoms with Crippen LogP contribution < -0.4 is 9.46 Å². The molecule has 10 heteroatoms. The maximum absolute atomic E-state index is 12.7. The van der Waals surface area contributed by atoms with Gasteiger partial charge in [0.05, 0.1) is 24.4 Å². The number of aromatic nitrogens is 1. The number of hydrogen-bond acceptors (Lipinski definition) is 5. The Hall–Kier alpha value is -2.23. The third-order valence-electron chi connectivity index (χ3n) is 4.27. The lowest BCUT2D eigenvalue weighted by molar-refractivity contribution is 0.0641. The number of hydrogen-bond donors (Lipinski definition) is 1. The molecule has 0 atom stereocenters. The molecule has 1 amide bonds. The standard InChI is InChI=1S/C17H20ClN3O5S/c1-25-8-7-20-5-6-21-11-13(10-15(21)17(20)22)27(23,24)19-12-3-4-16(26-2)14(18)9-12/h3-4,9-11,19H,5-8H2,1-2H3. The molecule has 27 heavy (non-hydrogen) atoms. The molecule has 2 heterocycles. The van der Waals surface area contributed by atoms with Gasteiger partial charge in [-0.2, -0.15) is 0 Å². The van der Waals surface area contributed by atoms with Gasteiger partial charge in [0.1, 0.15) is 16.3 Å². The second-order valence-corrected chi connectivity index (χ2v) is 8.08. The van der Waals surface area contributed by atoms with Crippen LogP contribution in [-0.4, -0.2) is 57.7 Å². The van der Waals surface area contributed by atoms with Crippen LogP contribution >= 0.6 is 11.6 Å². The van der Waals surface area contributed by atoms with Crippen molar-refractivity contribution in [3.63, 3.8) is 0 Å². The lowest BCUT2D eigenvalue weighted by atomic mass is 10.3. The Morgan fingerprint density at radius 3 is 2.67 bits per heavy atom. The summed E-state index contributed by atoms with van der Waals surface area (Å²) >= 11 is 6.04. The van der Waals surface area contributed by atoms with Gasteiger partial charge in [0, 0.05) is 32.9 Å². The van der Waals surface area contributed by atoms with Gasteiger partial charge >= 0.3 is 0 Å². The van der Waals surface area contributed by atoms with Crippen LogP contribution in [0.1, 0.15) is 10.5 Å². The molecule has 1 aromatic carbocycles. The zero-order chi connectivity index (χ0) is 19.6. The van der Waals surface area contributed by atoms with Gasteiger partial charge in [-0.15, -0.1) is 0 Å². The van der Waals surface area contributed by atoms with Crippen molar-refractivity contribution in [2.45, 2.75) is 11.4 Å². The highest BCUT2D eigenvalue weighted by molar-refractivity contribution is 7.92. The highest BCUT2D eigenvalue weighted by Gasteiger charge is 2.28. The largest absolute Gasteiger partial charge is 0.495 e. The first kappa shape index (κ1) is 19.5. The average Bonchev–Trinajstić information content (AvgIpc) is 3.07. The summed E-state index contributed by atoms with van der Waals surface area (Å²) in [6.07, 6.45) is 1.47. The number of nitrogens with one attached hydrogen (secondary N) is 1. The summed E-state index contributed by atoms with van der Waals surface area (Å²) < 4.78 is 39.6. The predicted molar refractivity (Wildman–Crippen MR) is 101 cm³/mol. The van der Waals surface area contributed by atoms with Crippen LogP contribution in [0.15, 0.2) is 35.4 Å². The molecule has 1 N–H and O–H groups in total. The highest BCUT2D eigenvalue weighted by Crippen LogP contribution is 2.29. The van der Waals surface area contributed by atoms with Gasteiger partial charge in [0.15, 0.2) is 0 Å². The third kappa shape index (κ3) is 4.05. The second-order valence-electron chi connectivity index (χ2n) is 5.99. The Bertz CT molecular complexity index is 957. The number of nitrogens with zero attached hydrogens (tertiary/aromatic N) is 2. The summed E-state index contributed by atoms with van der Waals surface area (Å²) in [6, 6.07) is 5.97. The van der Waals surface area contributed by atoms with Gasteiger partial charge in [-0.25, -0.2) is 8.42 Å². The first-order valence-corrected chi connectivity index (χ1v) is 10.1. The van der Waals surface area contributed by atoms with Crippen molar-refractivity contribution in [3.05, 3.63) is 41.2 Å². The van der Waals surface area contributed by atoms with Crippen molar-refractivity contribution in [2.75, 3.05) is 38.6 Å². The summed E-state index contributed by atoms with van der Waals surface area (Å²) in [4.78, 5) is 14.2. The minimum absolute atomic E-state index is 0.0198. The molecule has 0 spiro atoms. The van der Waals surface area contributed by atoms with Crippen LogP contribution in [0.25, 0.3) is 0 Å². The molecule has 0 aliphatic carbocycles. The number of fused-ring (bicyclic) bond motifs is 1. The number of sulfonamides is 1. The molecule has 1 aliphatic rings. The lowest BCUT2D eigenvalue weighted by Gasteiger charge is -2.27. The van der Waals surface area contributed by atoms with Gasteiger partial charge in [-0.1, -0.05) is 11.6 Å². The topological polar surface area (TPSA) is 89.9 Å². The van der Waals surface area contributed by atoms with E-state index in [2.05, 4.69) is 4.72 Å². The molecular weight excluding hydrogens is 394 g/mol. The van der Waals surface area contributed by atoms with Crippen LogP contribution in [0, 0.1) is 0 Å². The number of benzene rings is 1. The minimum Gasteiger partial charge on any atom is -0.495 e. The molecule has 0 radical (unpaired) electrons. The van der Waals surface area contributed by atoms with Gasteiger partial charge in [0.2, 0.25) is 0 Å². The normalized spacial score (nSPS) is 14.2. The van der Waals surface area contributed by atoms with E-state index in [1.54, 1.807) is 28.7 Å². The Labute approximate surface area is 162 Å². The quantitative estimate of drug-likeness (QED) is 0.750. The van der Waals surface area contributed by atoms with Crippen molar-refractivity contribution in [1.82, 2.24) is 9.47 Å². The summed E-state index contributed by atoms with van der Waals surface area (Å²) in [5.74, 6) is 0.230. The Balaban J connectivity index is 1.83. The Kier molecular flexibility index (Phi) is 5.64. The summed E-state index contributed by atoms with van der Waals surface area (Å²) in [5, 5.41) is 0.290. The van der Waals surface area contributed by atoms with Crippen LogP contribution in [0.2, 0.25) is 5.02 Å². The smallest absolute Gasteiger partial charge is 0.270 e. The first-order chi connectivity index (χ1) is 12.9. The number of carbonyl (C=O) groups excluding carboxylic acids is 1. The van der Waals surface area contributed by atoms with E-state index in [-0.39, 0.29) is 15.8 Å². The summed E-state index contributed by atoms with van der Waals surface area (Å²) in [7, 11) is -0.823. The van der Waals surface area contributed by atoms with Crippen LogP contribution in [-0.2, 0) is 21.3 Å². The molecule has 1 aromatic heterocycles. The van der Waals surface area contributed by atoms with E-state index in [9.17, 15) is 13.2 Å². The number of methoxy groups -OCH3 is 2. The van der Waals surface area contributed by atoms with Crippen molar-refractivity contribution in [3.8, 4) is 5.75 Å². The second kappa shape index (κ2) is 7.79. The highest BCUT2D eigenvalue weighted by atomic mass is 35.5. The number of amides is 1. The molecule has 8 nitrogen and oxygen atoms in total. The molecule has 146 valence electrons. The molecule has 2 aromatic rings. The SMILES string of the molecule is COCCN1CCn2cc(S(=O)(=O)Nc3ccc(OC)c(Cl)c3)cc2C1=O. The summed E-state index contributed by atoms with van der Waals surface area (Å²) in [5.41, 5.74) is 0.642. The zero-order valence-corrected chi connectivity index (χ0v) is 16.5. The molecule has 1 aliphatic heterocycles. The lowest BCUT2D eigenvalue weighted by Crippen LogP contribution is -2.41. The van der Waals surface area contributed by atoms with Crippen molar-refractivity contribution < 1.29 is 22.7 Å². The monoisotopic (exact) mass is 413 g/mol. The van der Waals surface area contributed by atoms with E-state index in [1.165, 1.54) is 25.4 Å². The number of rotatable bonds is 7. The third-order valence-corrected chi connectivity index (χ3v) is 5.91. The van der Waals surface area contributed by atoms with Gasteiger partial charge < -0.3 is 18.9 Å². The Morgan fingerprint density at radius 1 is 1.22 bits per heavy atom. The fraction of sp³-hybridized carbons (Fsp3) is 0.353. The van der Waals surface area contributed by atoms with E-state index in [0.717, 1.165) is 0 Å². The van der Waals surface area contributed by atoms with Crippen molar-refractivity contribution in [2.24, 2.45) is 0 Å². The van der Waals surface area contributed by atoms with Crippen LogP contribution in [0.5, 0.6) is 5.75 Å². The van der Waals surface area contributed by atoms with E-state index < -0.39 is 10.0 Å². The Morgan fingerprint density at radius 2 is 2.00 bits per heavy atom. The molecular formula is C17H20ClN3O5S. The van der Waals surface area contributed by atoms with Gasteiger partial charge in [-0.05, 0) is 24.3 Å².